The fourth-order valence-corrected chi connectivity index (χ4v) is 2.53. The van der Waals surface area contributed by atoms with Gasteiger partial charge in [0.25, 0.3) is 0 Å². The number of hydrogen-bond acceptors (Lipinski definition) is 4. The van der Waals surface area contributed by atoms with Crippen LogP contribution in [0.3, 0.4) is 0 Å². The zero-order valence-electron chi connectivity index (χ0n) is 12.0. The van der Waals surface area contributed by atoms with Crippen LogP contribution in [0.4, 0.5) is 5.69 Å². The Morgan fingerprint density at radius 2 is 1.58 bits per heavy atom. The van der Waals surface area contributed by atoms with Crippen LogP contribution in [0, 0.1) is 0 Å². The van der Waals surface area contributed by atoms with Crippen molar-refractivity contribution in [3.05, 3.63) is 29.8 Å². The molecule has 1 aromatic rings. The van der Waals surface area contributed by atoms with Crippen molar-refractivity contribution < 1.29 is 5.11 Å². The Morgan fingerprint density at radius 1 is 1.05 bits per heavy atom. The number of aliphatic hydroxyl groups is 1. The molecule has 2 rings (SSSR count). The van der Waals surface area contributed by atoms with Crippen LogP contribution >= 0.6 is 0 Å². The molecule has 1 fully saturated rings. The third-order valence-electron chi connectivity index (χ3n) is 3.46. The van der Waals surface area contributed by atoms with E-state index in [2.05, 4.69) is 21.9 Å². The van der Waals surface area contributed by atoms with Gasteiger partial charge in [-0.25, -0.2) is 0 Å². The van der Waals surface area contributed by atoms with Gasteiger partial charge >= 0.3 is 0 Å². The number of nitrogens with zero attached hydrogens (tertiary/aromatic N) is 2. The minimum Gasteiger partial charge on any atom is -0.399 e. The van der Waals surface area contributed by atoms with E-state index in [4.69, 9.17) is 5.73 Å². The van der Waals surface area contributed by atoms with E-state index >= 15 is 0 Å². The minimum atomic E-state index is -0.598. The second-order valence-electron chi connectivity index (χ2n) is 6.11. The Kier molecular flexibility index (Phi) is 4.45. The van der Waals surface area contributed by atoms with Crippen LogP contribution in [0.5, 0.6) is 0 Å². The molecular formula is C15H25N3O. The average molecular weight is 263 g/mol. The largest absolute Gasteiger partial charge is 0.399 e. The molecule has 1 aromatic carbocycles. The molecule has 0 aliphatic carbocycles. The second kappa shape index (κ2) is 5.90. The zero-order valence-corrected chi connectivity index (χ0v) is 12.0. The molecule has 1 aliphatic heterocycles. The van der Waals surface area contributed by atoms with Crippen LogP contribution in [-0.2, 0) is 6.54 Å². The molecule has 1 saturated heterocycles. The summed E-state index contributed by atoms with van der Waals surface area (Å²) < 4.78 is 0. The van der Waals surface area contributed by atoms with Gasteiger partial charge in [-0.3, -0.25) is 9.80 Å². The highest BCUT2D eigenvalue weighted by Crippen LogP contribution is 2.12. The Balaban J connectivity index is 1.79. The van der Waals surface area contributed by atoms with E-state index in [1.807, 2.05) is 26.0 Å². The lowest BCUT2D eigenvalue weighted by Gasteiger charge is -2.37. The predicted octanol–water partition coefficient (Wildman–Crippen LogP) is 1.16. The van der Waals surface area contributed by atoms with Gasteiger partial charge in [-0.2, -0.15) is 0 Å². The highest BCUT2D eigenvalue weighted by Gasteiger charge is 2.22. The lowest BCUT2D eigenvalue weighted by atomic mass is 10.1. The van der Waals surface area contributed by atoms with Crippen LogP contribution in [-0.4, -0.2) is 53.2 Å². The fourth-order valence-electron chi connectivity index (χ4n) is 2.53. The topological polar surface area (TPSA) is 52.7 Å². The molecule has 3 N–H and O–H groups in total. The van der Waals surface area contributed by atoms with Crippen LogP contribution in [0.1, 0.15) is 19.4 Å². The first-order valence-electron chi connectivity index (χ1n) is 6.94. The first-order valence-corrected chi connectivity index (χ1v) is 6.94. The maximum absolute atomic E-state index is 9.83. The number of piperazine rings is 1. The van der Waals surface area contributed by atoms with Gasteiger partial charge < -0.3 is 10.8 Å². The summed E-state index contributed by atoms with van der Waals surface area (Å²) in [4.78, 5) is 4.78. The van der Waals surface area contributed by atoms with Gasteiger partial charge in [-0.15, -0.1) is 0 Å². The zero-order chi connectivity index (χ0) is 13.9. The van der Waals surface area contributed by atoms with E-state index in [9.17, 15) is 5.11 Å². The molecule has 106 valence electrons. The molecule has 0 spiro atoms. The van der Waals surface area contributed by atoms with Crippen molar-refractivity contribution in [3.8, 4) is 0 Å². The van der Waals surface area contributed by atoms with Gasteiger partial charge in [0.1, 0.15) is 0 Å². The Labute approximate surface area is 115 Å². The van der Waals surface area contributed by atoms with E-state index in [0.29, 0.717) is 0 Å². The summed E-state index contributed by atoms with van der Waals surface area (Å²) in [6.07, 6.45) is 0. The first kappa shape index (κ1) is 14.3. The van der Waals surface area contributed by atoms with E-state index in [1.165, 1.54) is 5.56 Å². The number of nitrogens with two attached hydrogens (primary N) is 1. The molecule has 0 amide bonds. The van der Waals surface area contributed by atoms with Crippen LogP contribution in [0.25, 0.3) is 0 Å². The summed E-state index contributed by atoms with van der Waals surface area (Å²) in [5.41, 5.74) is 7.22. The van der Waals surface area contributed by atoms with Gasteiger partial charge in [0.2, 0.25) is 0 Å². The van der Waals surface area contributed by atoms with E-state index in [0.717, 1.165) is 45.0 Å². The summed E-state index contributed by atoms with van der Waals surface area (Å²) in [5.74, 6) is 0. The van der Waals surface area contributed by atoms with Crippen molar-refractivity contribution in [1.82, 2.24) is 9.80 Å². The number of benzene rings is 1. The molecule has 19 heavy (non-hydrogen) atoms. The summed E-state index contributed by atoms with van der Waals surface area (Å²) >= 11 is 0. The number of rotatable bonds is 4. The Hall–Kier alpha value is -1.10. The highest BCUT2D eigenvalue weighted by atomic mass is 16.3. The Morgan fingerprint density at radius 3 is 2.11 bits per heavy atom. The maximum atomic E-state index is 9.83. The average Bonchev–Trinajstić information content (AvgIpc) is 2.33. The van der Waals surface area contributed by atoms with Gasteiger partial charge in [0.05, 0.1) is 5.60 Å². The highest BCUT2D eigenvalue weighted by molar-refractivity contribution is 5.39. The minimum absolute atomic E-state index is 0.598. The monoisotopic (exact) mass is 263 g/mol. The molecule has 0 unspecified atom stereocenters. The lowest BCUT2D eigenvalue weighted by molar-refractivity contribution is 0.0167. The van der Waals surface area contributed by atoms with Crippen molar-refractivity contribution in [1.29, 1.82) is 0 Å². The predicted molar refractivity (Wildman–Crippen MR) is 78.9 cm³/mol. The number of β-amino-alcohol motifs (C(OH)–C–C–N with tert-alkyl or cyclic N) is 1. The molecule has 0 aromatic heterocycles. The van der Waals surface area contributed by atoms with Gasteiger partial charge in [0, 0.05) is 45.0 Å². The number of anilines is 1. The summed E-state index contributed by atoms with van der Waals surface area (Å²) in [5, 5.41) is 9.83. The van der Waals surface area contributed by atoms with Crippen molar-refractivity contribution in [2.24, 2.45) is 0 Å². The van der Waals surface area contributed by atoms with Crippen molar-refractivity contribution in [2.75, 3.05) is 38.5 Å². The van der Waals surface area contributed by atoms with E-state index < -0.39 is 5.60 Å². The summed E-state index contributed by atoms with van der Waals surface area (Å²) in [6, 6.07) is 8.11. The summed E-state index contributed by atoms with van der Waals surface area (Å²) in [7, 11) is 0. The van der Waals surface area contributed by atoms with Crippen LogP contribution in [0.15, 0.2) is 24.3 Å². The molecule has 4 nitrogen and oxygen atoms in total. The second-order valence-corrected chi connectivity index (χ2v) is 6.11. The lowest BCUT2D eigenvalue weighted by Crippen LogP contribution is -2.50. The molecule has 0 atom stereocenters. The van der Waals surface area contributed by atoms with Crippen molar-refractivity contribution in [3.63, 3.8) is 0 Å². The standard InChI is InChI=1S/C15H25N3O/c1-15(2,19)12-18-9-7-17(8-10-18)11-13-3-5-14(16)6-4-13/h3-6,19H,7-12,16H2,1-2H3. The third-order valence-corrected chi connectivity index (χ3v) is 3.46. The summed E-state index contributed by atoms with van der Waals surface area (Å²) in [6.45, 7) is 9.64. The van der Waals surface area contributed by atoms with Crippen LogP contribution in [0.2, 0.25) is 0 Å². The molecule has 0 saturated carbocycles. The Bertz CT molecular complexity index is 389. The van der Waals surface area contributed by atoms with E-state index in [-0.39, 0.29) is 0 Å². The molecular weight excluding hydrogens is 238 g/mol. The van der Waals surface area contributed by atoms with Gasteiger partial charge in [-0.05, 0) is 31.5 Å². The number of hydrogen-bond donors (Lipinski definition) is 2. The first-order chi connectivity index (χ1) is 8.92. The molecule has 0 radical (unpaired) electrons. The molecule has 0 bridgehead atoms. The van der Waals surface area contributed by atoms with Gasteiger partial charge in [0.15, 0.2) is 0 Å². The smallest absolute Gasteiger partial charge is 0.0718 e. The quantitative estimate of drug-likeness (QED) is 0.800. The van der Waals surface area contributed by atoms with Gasteiger partial charge in [-0.1, -0.05) is 12.1 Å². The van der Waals surface area contributed by atoms with Crippen molar-refractivity contribution >= 4 is 5.69 Å². The third kappa shape index (κ3) is 4.82. The number of nitrogen functional groups attached to an aromatic ring is 1. The SMILES string of the molecule is CC(C)(O)CN1CCN(Cc2ccc(N)cc2)CC1. The maximum Gasteiger partial charge on any atom is 0.0718 e. The normalized spacial score (nSPS) is 18.7. The van der Waals surface area contributed by atoms with Crippen molar-refractivity contribution in [2.45, 2.75) is 26.0 Å². The molecule has 1 heterocycles. The van der Waals surface area contributed by atoms with E-state index in [1.54, 1.807) is 0 Å². The molecule has 4 heteroatoms. The fraction of sp³-hybridized carbons (Fsp3) is 0.600. The molecule has 1 aliphatic rings. The van der Waals surface area contributed by atoms with Crippen LogP contribution < -0.4 is 5.73 Å².